The van der Waals surface area contributed by atoms with Crippen molar-refractivity contribution in [2.24, 2.45) is 7.05 Å². The summed E-state index contributed by atoms with van der Waals surface area (Å²) in [6.45, 7) is 4.43. The Morgan fingerprint density at radius 1 is 1.39 bits per heavy atom. The van der Waals surface area contributed by atoms with E-state index in [1.807, 2.05) is 6.92 Å². The van der Waals surface area contributed by atoms with Crippen molar-refractivity contribution in [3.05, 3.63) is 29.1 Å². The van der Waals surface area contributed by atoms with Gasteiger partial charge in [-0.05, 0) is 43.0 Å². The summed E-state index contributed by atoms with van der Waals surface area (Å²) in [6, 6.07) is 4.16. The summed E-state index contributed by atoms with van der Waals surface area (Å²) in [6.07, 6.45) is 3.77. The fourth-order valence-electron chi connectivity index (χ4n) is 3.03. The van der Waals surface area contributed by atoms with E-state index >= 15 is 0 Å². The Labute approximate surface area is 107 Å². The average molecular weight is 244 g/mol. The molecule has 3 rings (SSSR count). The first-order chi connectivity index (χ1) is 8.55. The highest BCUT2D eigenvalue weighted by atomic mass is 16.3. The third-order valence-corrected chi connectivity index (χ3v) is 4.51. The number of imidazole rings is 1. The van der Waals surface area contributed by atoms with Crippen LogP contribution >= 0.6 is 0 Å². The summed E-state index contributed by atoms with van der Waals surface area (Å²) < 4.78 is 2.20. The van der Waals surface area contributed by atoms with Gasteiger partial charge in [-0.15, -0.1) is 0 Å². The number of hydrogen-bond donors (Lipinski definition) is 1. The van der Waals surface area contributed by atoms with Crippen molar-refractivity contribution >= 4 is 11.0 Å². The van der Waals surface area contributed by atoms with Gasteiger partial charge in [-0.3, -0.25) is 0 Å². The van der Waals surface area contributed by atoms with Crippen LogP contribution in [0.1, 0.15) is 43.1 Å². The highest BCUT2D eigenvalue weighted by Gasteiger charge is 2.37. The molecule has 1 aromatic carbocycles. The first-order valence-corrected chi connectivity index (χ1v) is 6.62. The van der Waals surface area contributed by atoms with Crippen LogP contribution in [0.2, 0.25) is 0 Å². The second kappa shape index (κ2) is 3.82. The number of aromatic nitrogens is 2. The number of rotatable bonds is 2. The molecule has 0 saturated heterocycles. The van der Waals surface area contributed by atoms with Gasteiger partial charge in [0.05, 0.1) is 17.6 Å². The Hall–Kier alpha value is -1.35. The minimum atomic E-state index is 0.0968. The van der Waals surface area contributed by atoms with Crippen LogP contribution in [0.3, 0.4) is 0 Å². The van der Waals surface area contributed by atoms with E-state index < -0.39 is 0 Å². The zero-order valence-corrected chi connectivity index (χ0v) is 11.3. The molecule has 0 spiro atoms. The van der Waals surface area contributed by atoms with Crippen LogP contribution in [0, 0.1) is 6.92 Å². The summed E-state index contributed by atoms with van der Waals surface area (Å²) in [5.74, 6) is 1.19. The smallest absolute Gasteiger partial charge is 0.115 e. The number of benzene rings is 1. The number of hydrogen-bond acceptors (Lipinski definition) is 2. The largest absolute Gasteiger partial charge is 0.392 e. The first-order valence-electron chi connectivity index (χ1n) is 6.62. The SMILES string of the molecule is Cc1cc2nc(C3(C)CCC3)n(C)c2cc1CO. The van der Waals surface area contributed by atoms with Crippen LogP contribution in [-0.4, -0.2) is 14.7 Å². The third-order valence-electron chi connectivity index (χ3n) is 4.51. The molecule has 96 valence electrons. The minimum Gasteiger partial charge on any atom is -0.392 e. The molecule has 0 radical (unpaired) electrons. The van der Waals surface area contributed by atoms with Crippen molar-refractivity contribution in [3.63, 3.8) is 0 Å². The van der Waals surface area contributed by atoms with E-state index in [2.05, 4.69) is 30.7 Å². The standard InChI is InChI=1S/C15H20N2O/c1-10-7-12-13(8-11(10)9-18)17(3)14(16-12)15(2)5-4-6-15/h7-8,18H,4-6,9H2,1-3H3. The predicted molar refractivity (Wildman–Crippen MR) is 72.6 cm³/mol. The number of aliphatic hydroxyl groups excluding tert-OH is 1. The van der Waals surface area contributed by atoms with Gasteiger partial charge in [-0.25, -0.2) is 4.98 Å². The molecule has 1 N–H and O–H groups in total. The molecule has 0 unspecified atom stereocenters. The lowest BCUT2D eigenvalue weighted by atomic mass is 9.70. The molecule has 0 amide bonds. The molecule has 3 nitrogen and oxygen atoms in total. The molecule has 3 heteroatoms. The molecule has 0 aliphatic heterocycles. The summed E-state index contributed by atoms with van der Waals surface area (Å²) in [5, 5.41) is 9.36. The van der Waals surface area contributed by atoms with E-state index in [9.17, 15) is 5.11 Å². The molecule has 0 bridgehead atoms. The molecule has 1 fully saturated rings. The van der Waals surface area contributed by atoms with Gasteiger partial charge in [0, 0.05) is 12.5 Å². The maximum absolute atomic E-state index is 9.36. The van der Waals surface area contributed by atoms with Gasteiger partial charge in [-0.1, -0.05) is 13.3 Å². The summed E-state index contributed by atoms with van der Waals surface area (Å²) in [5.41, 5.74) is 4.55. The van der Waals surface area contributed by atoms with Crippen LogP contribution in [0.25, 0.3) is 11.0 Å². The van der Waals surface area contributed by atoms with Crippen molar-refractivity contribution in [1.82, 2.24) is 9.55 Å². The minimum absolute atomic E-state index is 0.0968. The lowest BCUT2D eigenvalue weighted by Crippen LogP contribution is -2.33. The quantitative estimate of drug-likeness (QED) is 0.882. The zero-order valence-electron chi connectivity index (χ0n) is 11.3. The van der Waals surface area contributed by atoms with E-state index in [1.165, 1.54) is 25.1 Å². The Balaban J connectivity index is 2.22. The third kappa shape index (κ3) is 1.50. The van der Waals surface area contributed by atoms with Crippen molar-refractivity contribution < 1.29 is 5.11 Å². The topological polar surface area (TPSA) is 38.0 Å². The van der Waals surface area contributed by atoms with Gasteiger partial charge in [0.15, 0.2) is 0 Å². The van der Waals surface area contributed by atoms with Crippen LogP contribution in [-0.2, 0) is 19.1 Å². The number of fused-ring (bicyclic) bond motifs is 1. The molecular weight excluding hydrogens is 224 g/mol. The molecule has 1 aliphatic carbocycles. The summed E-state index contributed by atoms with van der Waals surface area (Å²) in [7, 11) is 2.09. The second-order valence-electron chi connectivity index (χ2n) is 5.83. The fourth-order valence-corrected chi connectivity index (χ4v) is 3.03. The van der Waals surface area contributed by atoms with Crippen LogP contribution in [0.15, 0.2) is 12.1 Å². The molecule has 0 atom stereocenters. The Morgan fingerprint density at radius 3 is 2.67 bits per heavy atom. The van der Waals surface area contributed by atoms with Crippen LogP contribution in [0.4, 0.5) is 0 Å². The van der Waals surface area contributed by atoms with Crippen LogP contribution < -0.4 is 0 Å². The lowest BCUT2D eigenvalue weighted by Gasteiger charge is -2.37. The van der Waals surface area contributed by atoms with Gasteiger partial charge in [-0.2, -0.15) is 0 Å². The maximum Gasteiger partial charge on any atom is 0.115 e. The van der Waals surface area contributed by atoms with Gasteiger partial charge in [0.1, 0.15) is 5.82 Å². The van der Waals surface area contributed by atoms with Gasteiger partial charge < -0.3 is 9.67 Å². The molecule has 2 aromatic rings. The first kappa shape index (κ1) is 11.7. The lowest BCUT2D eigenvalue weighted by molar-refractivity contribution is 0.251. The van der Waals surface area contributed by atoms with Gasteiger partial charge in [0.2, 0.25) is 0 Å². The maximum atomic E-state index is 9.36. The predicted octanol–water partition coefficient (Wildman–Crippen LogP) is 2.82. The Morgan fingerprint density at radius 2 is 2.11 bits per heavy atom. The second-order valence-corrected chi connectivity index (χ2v) is 5.83. The van der Waals surface area contributed by atoms with Gasteiger partial charge >= 0.3 is 0 Å². The van der Waals surface area contributed by atoms with E-state index in [0.29, 0.717) is 0 Å². The van der Waals surface area contributed by atoms with Crippen molar-refractivity contribution in [2.45, 2.75) is 45.1 Å². The molecule has 1 heterocycles. The van der Waals surface area contributed by atoms with Gasteiger partial charge in [0.25, 0.3) is 0 Å². The highest BCUT2D eigenvalue weighted by Crippen LogP contribution is 2.43. The number of aliphatic hydroxyl groups is 1. The average Bonchev–Trinajstić information content (AvgIpc) is 2.62. The number of aryl methyl sites for hydroxylation is 2. The Kier molecular flexibility index (Phi) is 2.49. The number of nitrogens with zero attached hydrogens (tertiary/aromatic N) is 2. The molecular formula is C15H20N2O. The zero-order chi connectivity index (χ0) is 12.9. The summed E-state index contributed by atoms with van der Waals surface area (Å²) in [4.78, 5) is 4.82. The fraction of sp³-hybridized carbons (Fsp3) is 0.533. The van der Waals surface area contributed by atoms with E-state index in [4.69, 9.17) is 4.98 Å². The molecule has 1 saturated carbocycles. The van der Waals surface area contributed by atoms with Crippen molar-refractivity contribution in [1.29, 1.82) is 0 Å². The van der Waals surface area contributed by atoms with E-state index in [1.54, 1.807) is 0 Å². The van der Waals surface area contributed by atoms with E-state index in [0.717, 1.165) is 22.2 Å². The molecule has 1 aliphatic rings. The highest BCUT2D eigenvalue weighted by molar-refractivity contribution is 5.78. The van der Waals surface area contributed by atoms with Crippen LogP contribution in [0.5, 0.6) is 0 Å². The van der Waals surface area contributed by atoms with Crippen molar-refractivity contribution in [3.8, 4) is 0 Å². The van der Waals surface area contributed by atoms with Crippen molar-refractivity contribution in [2.75, 3.05) is 0 Å². The molecule has 18 heavy (non-hydrogen) atoms. The monoisotopic (exact) mass is 244 g/mol. The summed E-state index contributed by atoms with van der Waals surface area (Å²) >= 11 is 0. The Bertz CT molecular complexity index is 608. The molecule has 1 aromatic heterocycles. The normalized spacial score (nSPS) is 18.0. The van der Waals surface area contributed by atoms with E-state index in [-0.39, 0.29) is 12.0 Å².